The molecule has 2 aromatic rings. The second kappa shape index (κ2) is 6.42. The van der Waals surface area contributed by atoms with Crippen LogP contribution < -0.4 is 9.64 Å². The van der Waals surface area contributed by atoms with Gasteiger partial charge < -0.3 is 14.7 Å². The van der Waals surface area contributed by atoms with Gasteiger partial charge in [0, 0.05) is 17.4 Å². The van der Waals surface area contributed by atoms with Gasteiger partial charge >= 0.3 is 0 Å². The summed E-state index contributed by atoms with van der Waals surface area (Å²) in [5.74, 6) is -1.28. The third-order valence-electron chi connectivity index (χ3n) is 5.56. The highest BCUT2D eigenvalue weighted by Gasteiger charge is 2.57. The van der Waals surface area contributed by atoms with Crippen molar-refractivity contribution in [3.05, 3.63) is 69.3 Å². The number of nitro groups is 1. The number of Topliss-reactive ketones (excluding diaryl/α,β-unsaturated/α-hetero) is 1. The van der Waals surface area contributed by atoms with Gasteiger partial charge in [-0.3, -0.25) is 19.7 Å². The number of carbonyl (C=O) groups is 2. The van der Waals surface area contributed by atoms with Gasteiger partial charge in [0.2, 0.25) is 5.91 Å². The van der Waals surface area contributed by atoms with E-state index in [1.165, 1.54) is 18.9 Å². The molecule has 0 unspecified atom stereocenters. The topological polar surface area (TPSA) is 110 Å². The van der Waals surface area contributed by atoms with E-state index in [2.05, 4.69) is 0 Å². The highest BCUT2D eigenvalue weighted by atomic mass is 16.6. The van der Waals surface area contributed by atoms with E-state index in [-0.39, 0.29) is 11.7 Å². The molecule has 0 fully saturated rings. The Balaban J connectivity index is 1.91. The van der Waals surface area contributed by atoms with Crippen molar-refractivity contribution in [2.45, 2.75) is 31.0 Å². The minimum atomic E-state index is -1.45. The van der Waals surface area contributed by atoms with Crippen LogP contribution in [0.15, 0.2) is 42.5 Å². The summed E-state index contributed by atoms with van der Waals surface area (Å²) in [5.41, 5.74) is 1.61. The molecule has 0 bridgehead atoms. The Morgan fingerprint density at radius 3 is 2.57 bits per heavy atom. The van der Waals surface area contributed by atoms with E-state index >= 15 is 0 Å². The molecular weight excluding hydrogens is 364 g/mol. The number of fused-ring (bicyclic) bond motifs is 2. The molecule has 0 saturated carbocycles. The molecule has 1 heterocycles. The quantitative estimate of drug-likeness (QED) is 0.643. The first-order chi connectivity index (χ1) is 13.4. The van der Waals surface area contributed by atoms with Gasteiger partial charge in [-0.2, -0.15) is 0 Å². The third kappa shape index (κ3) is 2.41. The number of amides is 1. The molecule has 0 saturated heterocycles. The maximum atomic E-state index is 13.2. The van der Waals surface area contributed by atoms with Crippen LogP contribution in [0.3, 0.4) is 0 Å². The van der Waals surface area contributed by atoms with Gasteiger partial charge in [0.25, 0.3) is 6.04 Å². The monoisotopic (exact) mass is 382 g/mol. The molecule has 1 aliphatic heterocycles. The zero-order valence-corrected chi connectivity index (χ0v) is 15.2. The van der Waals surface area contributed by atoms with Gasteiger partial charge in [-0.1, -0.05) is 18.2 Å². The number of ketones is 1. The van der Waals surface area contributed by atoms with E-state index in [0.29, 0.717) is 28.1 Å². The average Bonchev–Trinajstić information content (AvgIpc) is 3.13. The standard InChI is InChI=1S/C20H18N2O6/c1-10(23)21-15-6-4-3-5-13(15)19(24)17(21)16-12-8-7-11(28-2)9-14(12)20(25)18(16)22(26)27/h3-9,16-18,20,25H,1-2H3/t16-,17+,18-,20+/m1/s1. The number of aliphatic hydroxyl groups excluding tert-OH is 1. The van der Waals surface area contributed by atoms with Crippen LogP contribution in [-0.2, 0) is 4.79 Å². The number of nitrogens with zero attached hydrogens (tertiary/aromatic N) is 2. The molecule has 4 rings (SSSR count). The van der Waals surface area contributed by atoms with Crippen LogP contribution in [0.5, 0.6) is 5.75 Å². The van der Waals surface area contributed by atoms with E-state index in [9.17, 15) is 24.8 Å². The fourth-order valence-corrected chi connectivity index (χ4v) is 4.41. The Morgan fingerprint density at radius 2 is 1.93 bits per heavy atom. The zero-order valence-electron chi connectivity index (χ0n) is 15.2. The van der Waals surface area contributed by atoms with Gasteiger partial charge in [-0.25, -0.2) is 0 Å². The Kier molecular flexibility index (Phi) is 4.15. The molecule has 1 aliphatic carbocycles. The molecule has 28 heavy (non-hydrogen) atoms. The van der Waals surface area contributed by atoms with E-state index < -0.39 is 29.0 Å². The van der Waals surface area contributed by atoms with Crippen LogP contribution in [0.1, 0.15) is 40.4 Å². The number of hydrogen-bond donors (Lipinski definition) is 1. The van der Waals surface area contributed by atoms with Crippen molar-refractivity contribution in [2.75, 3.05) is 12.0 Å². The average molecular weight is 382 g/mol. The molecule has 4 atom stereocenters. The van der Waals surface area contributed by atoms with Crippen LogP contribution in [-0.4, -0.2) is 40.9 Å². The normalized spacial score (nSPS) is 25.4. The van der Waals surface area contributed by atoms with Gasteiger partial charge in [0.05, 0.1) is 18.7 Å². The highest BCUT2D eigenvalue weighted by Crippen LogP contribution is 2.49. The fraction of sp³-hybridized carbons (Fsp3) is 0.300. The molecule has 0 radical (unpaired) electrons. The fourth-order valence-electron chi connectivity index (χ4n) is 4.41. The lowest BCUT2D eigenvalue weighted by molar-refractivity contribution is -0.537. The number of anilines is 1. The van der Waals surface area contributed by atoms with Gasteiger partial charge in [0.1, 0.15) is 17.9 Å². The highest BCUT2D eigenvalue weighted by molar-refractivity contribution is 6.18. The number of rotatable bonds is 3. The van der Waals surface area contributed by atoms with Crippen LogP contribution in [0.4, 0.5) is 5.69 Å². The van der Waals surface area contributed by atoms with Crippen molar-refractivity contribution < 1.29 is 24.4 Å². The Labute approximate surface area is 160 Å². The van der Waals surface area contributed by atoms with Crippen molar-refractivity contribution in [1.82, 2.24) is 0 Å². The summed E-state index contributed by atoms with van der Waals surface area (Å²) in [6.07, 6.45) is -1.41. The molecule has 8 heteroatoms. The largest absolute Gasteiger partial charge is 0.497 e. The van der Waals surface area contributed by atoms with Crippen LogP contribution in [0, 0.1) is 10.1 Å². The number of aliphatic hydroxyl groups is 1. The summed E-state index contributed by atoms with van der Waals surface area (Å²) in [6, 6.07) is 8.90. The molecule has 2 aliphatic rings. The van der Waals surface area contributed by atoms with Crippen LogP contribution in [0.2, 0.25) is 0 Å². The Hall–Kier alpha value is -3.26. The first kappa shape index (κ1) is 18.1. The third-order valence-corrected chi connectivity index (χ3v) is 5.56. The van der Waals surface area contributed by atoms with Crippen LogP contribution in [0.25, 0.3) is 0 Å². The number of methoxy groups -OCH3 is 1. The molecule has 144 valence electrons. The number of para-hydroxylation sites is 1. The molecule has 0 spiro atoms. The Bertz CT molecular complexity index is 1000. The summed E-state index contributed by atoms with van der Waals surface area (Å²) in [4.78, 5) is 38.2. The molecule has 1 amide bonds. The number of ether oxygens (including phenoxy) is 1. The Morgan fingerprint density at radius 1 is 1.21 bits per heavy atom. The predicted molar refractivity (Wildman–Crippen MR) is 99.2 cm³/mol. The lowest BCUT2D eigenvalue weighted by atomic mass is 9.87. The minimum absolute atomic E-state index is 0.346. The van der Waals surface area contributed by atoms with Crippen molar-refractivity contribution in [3.63, 3.8) is 0 Å². The molecular formula is C20H18N2O6. The lowest BCUT2D eigenvalue weighted by Gasteiger charge is -2.29. The number of carbonyl (C=O) groups excluding carboxylic acids is 2. The van der Waals surface area contributed by atoms with Crippen LogP contribution >= 0.6 is 0 Å². The molecule has 8 nitrogen and oxygen atoms in total. The van der Waals surface area contributed by atoms with Gasteiger partial charge in [-0.05, 0) is 35.4 Å². The first-order valence-electron chi connectivity index (χ1n) is 8.79. The first-order valence-corrected chi connectivity index (χ1v) is 8.79. The van der Waals surface area contributed by atoms with E-state index in [1.807, 2.05) is 0 Å². The van der Waals surface area contributed by atoms with Crippen molar-refractivity contribution in [1.29, 1.82) is 0 Å². The number of hydrogen-bond acceptors (Lipinski definition) is 6. The van der Waals surface area contributed by atoms with Gasteiger partial charge in [-0.15, -0.1) is 0 Å². The van der Waals surface area contributed by atoms with E-state index in [4.69, 9.17) is 4.74 Å². The second-order valence-electron chi connectivity index (χ2n) is 6.96. The van der Waals surface area contributed by atoms with Crippen molar-refractivity contribution in [3.8, 4) is 5.75 Å². The second-order valence-corrected chi connectivity index (χ2v) is 6.96. The summed E-state index contributed by atoms with van der Waals surface area (Å²) in [7, 11) is 1.46. The summed E-state index contributed by atoms with van der Waals surface area (Å²) in [5, 5.41) is 22.5. The molecule has 0 aromatic heterocycles. The summed E-state index contributed by atoms with van der Waals surface area (Å²) < 4.78 is 5.16. The van der Waals surface area contributed by atoms with Crippen molar-refractivity contribution in [2.24, 2.45) is 0 Å². The summed E-state index contributed by atoms with van der Waals surface area (Å²) >= 11 is 0. The number of benzene rings is 2. The van der Waals surface area contributed by atoms with Gasteiger partial charge in [0.15, 0.2) is 5.78 Å². The maximum Gasteiger partial charge on any atom is 0.251 e. The van der Waals surface area contributed by atoms with E-state index in [1.54, 1.807) is 42.5 Å². The molecule has 2 aromatic carbocycles. The summed E-state index contributed by atoms with van der Waals surface area (Å²) in [6.45, 7) is 1.32. The SMILES string of the molecule is COc1ccc2c(c1)[C@H](O)[C@H]([N+](=O)[O-])[C@H]2[C@H]1C(=O)c2ccccc2N1C(C)=O. The zero-order chi connectivity index (χ0) is 20.2. The smallest absolute Gasteiger partial charge is 0.251 e. The lowest BCUT2D eigenvalue weighted by Crippen LogP contribution is -2.47. The predicted octanol–water partition coefficient (Wildman–Crippen LogP) is 2.09. The van der Waals surface area contributed by atoms with Crippen molar-refractivity contribution >= 4 is 17.4 Å². The maximum absolute atomic E-state index is 13.2. The minimum Gasteiger partial charge on any atom is -0.497 e. The van der Waals surface area contributed by atoms with E-state index in [0.717, 1.165) is 0 Å². The molecule has 1 N–H and O–H groups in total.